The van der Waals surface area contributed by atoms with Crippen LogP contribution in [-0.4, -0.2) is 27.8 Å². The van der Waals surface area contributed by atoms with Gasteiger partial charge in [0.05, 0.1) is 0 Å². The highest BCUT2D eigenvalue weighted by atomic mass is 79.9. The maximum absolute atomic E-state index is 4.05. The average Bonchev–Trinajstić information content (AvgIpc) is 2.17. The molecule has 3 heteroatoms. The van der Waals surface area contributed by atoms with E-state index in [0.717, 1.165) is 24.5 Å². The largest absolute Gasteiger partial charge is 0.295 e. The summed E-state index contributed by atoms with van der Waals surface area (Å²) < 4.78 is 0. The van der Waals surface area contributed by atoms with E-state index in [9.17, 15) is 0 Å². The molecule has 0 bridgehead atoms. The molecular formula is C12H17BrN2. The van der Waals surface area contributed by atoms with Crippen molar-refractivity contribution in [1.29, 1.82) is 0 Å². The van der Waals surface area contributed by atoms with Gasteiger partial charge < -0.3 is 0 Å². The van der Waals surface area contributed by atoms with Crippen molar-refractivity contribution in [2.75, 3.05) is 11.9 Å². The van der Waals surface area contributed by atoms with Gasteiger partial charge in [0.1, 0.15) is 0 Å². The molecule has 0 saturated heterocycles. The quantitative estimate of drug-likeness (QED) is 0.764. The van der Waals surface area contributed by atoms with Crippen LogP contribution in [0, 0.1) is 0 Å². The molecule has 1 aromatic heterocycles. The first-order valence-corrected chi connectivity index (χ1v) is 6.71. The number of pyridine rings is 1. The maximum Gasteiger partial charge on any atom is 0.0271 e. The van der Waals surface area contributed by atoms with E-state index in [1.807, 2.05) is 12.4 Å². The van der Waals surface area contributed by atoms with Crippen molar-refractivity contribution in [3.05, 3.63) is 30.1 Å². The number of aromatic nitrogens is 1. The summed E-state index contributed by atoms with van der Waals surface area (Å²) in [7, 11) is 0. The second kappa shape index (κ2) is 5.61. The van der Waals surface area contributed by atoms with Gasteiger partial charge in [0.25, 0.3) is 0 Å². The fourth-order valence-electron chi connectivity index (χ4n) is 1.97. The van der Waals surface area contributed by atoms with E-state index in [4.69, 9.17) is 0 Å². The highest BCUT2D eigenvalue weighted by molar-refractivity contribution is 9.09. The molecule has 0 atom stereocenters. The Bertz CT molecular complexity index is 285. The molecule has 0 aromatic carbocycles. The van der Waals surface area contributed by atoms with Crippen LogP contribution in [0.2, 0.25) is 0 Å². The van der Waals surface area contributed by atoms with Gasteiger partial charge >= 0.3 is 0 Å². The minimum Gasteiger partial charge on any atom is -0.295 e. The molecule has 1 fully saturated rings. The van der Waals surface area contributed by atoms with Gasteiger partial charge in [0.2, 0.25) is 0 Å². The first-order chi connectivity index (χ1) is 7.40. The molecule has 15 heavy (non-hydrogen) atoms. The van der Waals surface area contributed by atoms with E-state index in [-0.39, 0.29) is 0 Å². The van der Waals surface area contributed by atoms with Crippen LogP contribution in [0.25, 0.3) is 0 Å². The lowest BCUT2D eigenvalue weighted by molar-refractivity contribution is 0.128. The first kappa shape index (κ1) is 11.1. The van der Waals surface area contributed by atoms with Crippen molar-refractivity contribution in [1.82, 2.24) is 9.88 Å². The lowest BCUT2D eigenvalue weighted by Crippen LogP contribution is -2.40. The van der Waals surface area contributed by atoms with Crippen molar-refractivity contribution in [2.45, 2.75) is 31.8 Å². The third-order valence-corrected chi connectivity index (χ3v) is 3.45. The van der Waals surface area contributed by atoms with Gasteiger partial charge in [-0.25, -0.2) is 0 Å². The van der Waals surface area contributed by atoms with E-state index >= 15 is 0 Å². The molecule has 2 nitrogen and oxygen atoms in total. The van der Waals surface area contributed by atoms with Crippen molar-refractivity contribution in [3.63, 3.8) is 0 Å². The van der Waals surface area contributed by atoms with Crippen molar-refractivity contribution in [3.8, 4) is 0 Å². The van der Waals surface area contributed by atoms with Crippen LogP contribution in [0.4, 0.5) is 0 Å². The van der Waals surface area contributed by atoms with Crippen molar-refractivity contribution < 1.29 is 0 Å². The molecule has 0 radical (unpaired) electrons. The second-order valence-electron chi connectivity index (χ2n) is 4.10. The monoisotopic (exact) mass is 268 g/mol. The minimum atomic E-state index is 0.815. The summed E-state index contributed by atoms with van der Waals surface area (Å²) in [4.78, 5) is 6.63. The molecule has 0 unspecified atom stereocenters. The van der Waals surface area contributed by atoms with Crippen LogP contribution in [0.5, 0.6) is 0 Å². The zero-order chi connectivity index (χ0) is 10.5. The summed E-state index contributed by atoms with van der Waals surface area (Å²) >= 11 is 3.53. The number of nitrogens with zero attached hydrogens (tertiary/aromatic N) is 2. The number of alkyl halides is 1. The summed E-state index contributed by atoms with van der Waals surface area (Å²) in [5.74, 6) is 0. The number of halogens is 1. The van der Waals surface area contributed by atoms with Gasteiger partial charge in [-0.1, -0.05) is 22.4 Å². The molecule has 2 rings (SSSR count). The summed E-state index contributed by atoms with van der Waals surface area (Å²) in [5, 5.41) is 1.06. The van der Waals surface area contributed by atoms with E-state index in [2.05, 4.69) is 37.9 Å². The van der Waals surface area contributed by atoms with E-state index in [1.54, 1.807) is 0 Å². The number of hydrogen-bond acceptors (Lipinski definition) is 2. The predicted octanol–water partition coefficient (Wildman–Crippen LogP) is 2.83. The van der Waals surface area contributed by atoms with Crippen LogP contribution in [0.1, 0.15) is 24.8 Å². The standard InChI is InChI=1S/C12H17BrN2/c13-6-9-15(12-2-1-3-12)10-11-4-7-14-8-5-11/h4-5,7-8,12H,1-3,6,9-10H2. The summed E-state index contributed by atoms with van der Waals surface area (Å²) in [6.45, 7) is 2.21. The van der Waals surface area contributed by atoms with E-state index in [0.29, 0.717) is 0 Å². The Morgan fingerprint density at radius 2 is 2.07 bits per heavy atom. The van der Waals surface area contributed by atoms with Gasteiger partial charge in [-0.2, -0.15) is 0 Å². The average molecular weight is 269 g/mol. The third kappa shape index (κ3) is 3.02. The molecule has 1 aromatic rings. The molecule has 0 spiro atoms. The van der Waals surface area contributed by atoms with Crippen molar-refractivity contribution in [2.24, 2.45) is 0 Å². The second-order valence-corrected chi connectivity index (χ2v) is 4.89. The molecule has 1 aliphatic rings. The molecule has 0 N–H and O–H groups in total. The Balaban J connectivity index is 1.93. The third-order valence-electron chi connectivity index (χ3n) is 3.10. The maximum atomic E-state index is 4.05. The Hall–Kier alpha value is -0.410. The SMILES string of the molecule is BrCCN(Cc1ccncc1)C1CCC1. The van der Waals surface area contributed by atoms with Crippen LogP contribution >= 0.6 is 15.9 Å². The topological polar surface area (TPSA) is 16.1 Å². The lowest BCUT2D eigenvalue weighted by atomic mass is 9.91. The molecule has 82 valence electrons. The zero-order valence-electron chi connectivity index (χ0n) is 8.90. The smallest absolute Gasteiger partial charge is 0.0271 e. The van der Waals surface area contributed by atoms with Gasteiger partial charge in [-0.05, 0) is 30.5 Å². The van der Waals surface area contributed by atoms with Crippen LogP contribution < -0.4 is 0 Å². The normalized spacial score (nSPS) is 16.7. The van der Waals surface area contributed by atoms with Crippen molar-refractivity contribution >= 4 is 15.9 Å². The predicted molar refractivity (Wildman–Crippen MR) is 66.1 cm³/mol. The van der Waals surface area contributed by atoms with E-state index in [1.165, 1.54) is 24.8 Å². The number of rotatable bonds is 5. The fraction of sp³-hybridized carbons (Fsp3) is 0.583. The van der Waals surface area contributed by atoms with Gasteiger partial charge in [-0.3, -0.25) is 9.88 Å². The van der Waals surface area contributed by atoms with Crippen LogP contribution in [0.3, 0.4) is 0 Å². The fourth-order valence-corrected chi connectivity index (χ4v) is 2.43. The van der Waals surface area contributed by atoms with E-state index < -0.39 is 0 Å². The Labute approximate surface area is 99.8 Å². The summed E-state index contributed by atoms with van der Waals surface area (Å²) in [5.41, 5.74) is 1.37. The molecule has 0 aliphatic heterocycles. The lowest BCUT2D eigenvalue weighted by Gasteiger charge is -2.37. The Kier molecular flexibility index (Phi) is 4.15. The van der Waals surface area contributed by atoms with Crippen LogP contribution in [0.15, 0.2) is 24.5 Å². The highest BCUT2D eigenvalue weighted by Gasteiger charge is 2.24. The Morgan fingerprint density at radius 1 is 1.33 bits per heavy atom. The molecule has 1 saturated carbocycles. The van der Waals surface area contributed by atoms with Crippen LogP contribution in [-0.2, 0) is 6.54 Å². The summed E-state index contributed by atoms with van der Waals surface area (Å²) in [6, 6.07) is 5.04. The van der Waals surface area contributed by atoms with Gasteiger partial charge in [-0.15, -0.1) is 0 Å². The highest BCUT2D eigenvalue weighted by Crippen LogP contribution is 2.26. The molecular weight excluding hydrogens is 252 g/mol. The van der Waals surface area contributed by atoms with Gasteiger partial charge in [0.15, 0.2) is 0 Å². The minimum absolute atomic E-state index is 0.815. The molecule has 1 aliphatic carbocycles. The summed E-state index contributed by atoms with van der Waals surface area (Å²) in [6.07, 6.45) is 7.90. The Morgan fingerprint density at radius 3 is 2.60 bits per heavy atom. The van der Waals surface area contributed by atoms with Gasteiger partial charge in [0, 0.05) is 36.9 Å². The zero-order valence-corrected chi connectivity index (χ0v) is 10.5. The first-order valence-electron chi connectivity index (χ1n) is 5.59. The molecule has 0 amide bonds. The number of hydrogen-bond donors (Lipinski definition) is 0. The molecule has 1 heterocycles.